The first-order valence-electron chi connectivity index (χ1n) is 8.73. The van der Waals surface area contributed by atoms with Gasteiger partial charge >= 0.3 is 5.97 Å². The summed E-state index contributed by atoms with van der Waals surface area (Å²) in [5.41, 5.74) is 5.16. The van der Waals surface area contributed by atoms with Crippen LogP contribution in [0.2, 0.25) is 0 Å². The van der Waals surface area contributed by atoms with Crippen molar-refractivity contribution in [3.63, 3.8) is 0 Å². The van der Waals surface area contributed by atoms with Gasteiger partial charge < -0.3 is 10.1 Å². The van der Waals surface area contributed by atoms with Gasteiger partial charge in [0.1, 0.15) is 0 Å². The minimum absolute atomic E-state index is 0.0835. The van der Waals surface area contributed by atoms with Crippen molar-refractivity contribution >= 4 is 17.2 Å². The summed E-state index contributed by atoms with van der Waals surface area (Å²) >= 11 is 0. The van der Waals surface area contributed by atoms with Gasteiger partial charge in [0.05, 0.1) is 13.0 Å². The molecule has 0 saturated carbocycles. The predicted molar refractivity (Wildman–Crippen MR) is 96.6 cm³/mol. The summed E-state index contributed by atoms with van der Waals surface area (Å²) < 4.78 is 5.10. The van der Waals surface area contributed by atoms with Crippen molar-refractivity contribution in [2.24, 2.45) is 5.92 Å². The molecular formula is C20H29NO2. The van der Waals surface area contributed by atoms with Crippen LogP contribution < -0.4 is 5.32 Å². The van der Waals surface area contributed by atoms with E-state index in [1.54, 1.807) is 0 Å². The van der Waals surface area contributed by atoms with E-state index in [0.29, 0.717) is 24.9 Å². The molecule has 0 fully saturated rings. The topological polar surface area (TPSA) is 38.3 Å². The molecule has 3 nitrogen and oxygen atoms in total. The van der Waals surface area contributed by atoms with Crippen LogP contribution in [0.15, 0.2) is 24.3 Å². The third-order valence-electron chi connectivity index (χ3n) is 4.52. The van der Waals surface area contributed by atoms with Gasteiger partial charge in [-0.15, -0.1) is 0 Å². The smallest absolute Gasteiger partial charge is 0.306 e. The molecule has 2 rings (SSSR count). The van der Waals surface area contributed by atoms with E-state index < -0.39 is 0 Å². The highest BCUT2D eigenvalue weighted by Gasteiger charge is 2.20. The van der Waals surface area contributed by atoms with Gasteiger partial charge in [-0.2, -0.15) is 0 Å². The highest BCUT2D eigenvalue weighted by Crippen LogP contribution is 2.36. The summed E-state index contributed by atoms with van der Waals surface area (Å²) in [7, 11) is 1.97. The Morgan fingerprint density at radius 3 is 2.83 bits per heavy atom. The van der Waals surface area contributed by atoms with E-state index in [0.717, 1.165) is 24.9 Å². The summed E-state index contributed by atoms with van der Waals surface area (Å²) in [6, 6.07) is 6.66. The summed E-state index contributed by atoms with van der Waals surface area (Å²) in [4.78, 5) is 11.8. The molecule has 3 heteroatoms. The molecule has 0 radical (unpaired) electrons. The monoisotopic (exact) mass is 315 g/mol. The molecule has 0 bridgehead atoms. The van der Waals surface area contributed by atoms with E-state index in [9.17, 15) is 4.79 Å². The number of anilines is 1. The number of benzene rings is 1. The standard InChI is InChI=1S/C20H29NO2/c1-5-23-20(22)12-15-7-6-8-17(11-15)18-13-16(14(2)3)9-10-19(18)21-4/h9-11,13-15,21H,5-8,12H2,1-4H3. The van der Waals surface area contributed by atoms with Crippen molar-refractivity contribution in [1.29, 1.82) is 0 Å². The number of carbonyl (C=O) groups excluding carboxylic acids is 1. The molecular weight excluding hydrogens is 286 g/mol. The number of esters is 1. The fourth-order valence-corrected chi connectivity index (χ4v) is 3.23. The van der Waals surface area contributed by atoms with E-state index in [2.05, 4.69) is 43.4 Å². The predicted octanol–water partition coefficient (Wildman–Crippen LogP) is 4.99. The highest BCUT2D eigenvalue weighted by atomic mass is 16.5. The number of rotatable bonds is 6. The Kier molecular flexibility index (Phi) is 6.26. The van der Waals surface area contributed by atoms with Crippen LogP contribution >= 0.6 is 0 Å². The molecule has 0 spiro atoms. The lowest BCUT2D eigenvalue weighted by atomic mass is 9.84. The maximum atomic E-state index is 11.8. The van der Waals surface area contributed by atoms with Crippen molar-refractivity contribution in [3.05, 3.63) is 35.4 Å². The third kappa shape index (κ3) is 4.60. The number of nitrogens with one attached hydrogen (secondary N) is 1. The summed E-state index contributed by atoms with van der Waals surface area (Å²) in [6.07, 6.45) is 6.07. The molecule has 1 aliphatic rings. The third-order valence-corrected chi connectivity index (χ3v) is 4.52. The normalized spacial score (nSPS) is 17.8. The largest absolute Gasteiger partial charge is 0.466 e. The number of hydrogen-bond acceptors (Lipinski definition) is 3. The molecule has 1 aromatic carbocycles. The van der Waals surface area contributed by atoms with Gasteiger partial charge in [-0.05, 0) is 61.3 Å². The van der Waals surface area contributed by atoms with Crippen LogP contribution in [0.3, 0.4) is 0 Å². The zero-order valence-corrected chi connectivity index (χ0v) is 14.8. The molecule has 1 atom stereocenters. The molecule has 23 heavy (non-hydrogen) atoms. The molecule has 0 saturated heterocycles. The van der Waals surface area contributed by atoms with Gasteiger partial charge in [0, 0.05) is 18.3 Å². The van der Waals surface area contributed by atoms with Crippen LogP contribution in [0.25, 0.3) is 5.57 Å². The zero-order valence-electron chi connectivity index (χ0n) is 14.8. The summed E-state index contributed by atoms with van der Waals surface area (Å²) in [5.74, 6) is 0.726. The minimum atomic E-state index is -0.0835. The van der Waals surface area contributed by atoms with Crippen molar-refractivity contribution in [3.8, 4) is 0 Å². The van der Waals surface area contributed by atoms with Crippen molar-refractivity contribution in [2.75, 3.05) is 19.0 Å². The Hall–Kier alpha value is -1.77. The highest BCUT2D eigenvalue weighted by molar-refractivity contribution is 5.78. The zero-order chi connectivity index (χ0) is 16.8. The van der Waals surface area contributed by atoms with Crippen LogP contribution in [0.4, 0.5) is 5.69 Å². The molecule has 126 valence electrons. The number of allylic oxidation sites excluding steroid dienone is 2. The second-order valence-corrected chi connectivity index (χ2v) is 6.56. The Morgan fingerprint density at radius 2 is 2.17 bits per heavy atom. The van der Waals surface area contributed by atoms with Gasteiger partial charge in [0.25, 0.3) is 0 Å². The van der Waals surface area contributed by atoms with Crippen LogP contribution in [-0.2, 0) is 9.53 Å². The average Bonchev–Trinajstić information content (AvgIpc) is 2.54. The first-order valence-corrected chi connectivity index (χ1v) is 8.73. The van der Waals surface area contributed by atoms with E-state index in [4.69, 9.17) is 4.74 Å². The van der Waals surface area contributed by atoms with Crippen LogP contribution in [0, 0.1) is 5.92 Å². The molecule has 1 unspecified atom stereocenters. The quantitative estimate of drug-likeness (QED) is 0.752. The van der Waals surface area contributed by atoms with E-state index in [-0.39, 0.29) is 5.97 Å². The molecule has 0 aliphatic heterocycles. The second-order valence-electron chi connectivity index (χ2n) is 6.56. The Labute approximate surface area is 140 Å². The molecule has 0 heterocycles. The van der Waals surface area contributed by atoms with Crippen LogP contribution in [0.5, 0.6) is 0 Å². The average molecular weight is 315 g/mol. The molecule has 1 aliphatic carbocycles. The van der Waals surface area contributed by atoms with Crippen molar-refractivity contribution < 1.29 is 9.53 Å². The fraction of sp³-hybridized carbons (Fsp3) is 0.550. The first-order chi connectivity index (χ1) is 11.0. The minimum Gasteiger partial charge on any atom is -0.466 e. The molecule has 1 N–H and O–H groups in total. The molecule has 0 amide bonds. The lowest BCUT2D eigenvalue weighted by Gasteiger charge is -2.23. The molecule has 0 aromatic heterocycles. The summed E-state index contributed by atoms with van der Waals surface area (Å²) in [6.45, 7) is 6.76. The Morgan fingerprint density at radius 1 is 1.39 bits per heavy atom. The number of hydrogen-bond donors (Lipinski definition) is 1. The number of ether oxygens (including phenoxy) is 1. The lowest BCUT2D eigenvalue weighted by molar-refractivity contribution is -0.143. The summed E-state index contributed by atoms with van der Waals surface area (Å²) in [5, 5.41) is 3.30. The van der Waals surface area contributed by atoms with Gasteiger partial charge in [0.2, 0.25) is 0 Å². The Bertz CT molecular complexity index is 575. The van der Waals surface area contributed by atoms with Crippen LogP contribution in [-0.4, -0.2) is 19.6 Å². The van der Waals surface area contributed by atoms with Crippen molar-refractivity contribution in [2.45, 2.75) is 52.4 Å². The maximum Gasteiger partial charge on any atom is 0.306 e. The fourth-order valence-electron chi connectivity index (χ4n) is 3.23. The SMILES string of the molecule is CCOC(=O)CC1C=C(c2cc(C(C)C)ccc2NC)CCC1. The van der Waals surface area contributed by atoms with E-state index >= 15 is 0 Å². The second kappa shape index (κ2) is 8.19. The van der Waals surface area contributed by atoms with Crippen LogP contribution in [0.1, 0.15) is 63.5 Å². The van der Waals surface area contributed by atoms with E-state index in [1.165, 1.54) is 16.7 Å². The Balaban J connectivity index is 2.26. The maximum absolute atomic E-state index is 11.8. The van der Waals surface area contributed by atoms with Gasteiger partial charge in [0.15, 0.2) is 0 Å². The molecule has 1 aromatic rings. The van der Waals surface area contributed by atoms with Gasteiger partial charge in [-0.3, -0.25) is 4.79 Å². The van der Waals surface area contributed by atoms with Gasteiger partial charge in [-0.25, -0.2) is 0 Å². The van der Waals surface area contributed by atoms with E-state index in [1.807, 2.05) is 14.0 Å². The van der Waals surface area contributed by atoms with Gasteiger partial charge in [-0.1, -0.05) is 26.0 Å². The lowest BCUT2D eigenvalue weighted by Crippen LogP contribution is -2.13. The van der Waals surface area contributed by atoms with Crippen molar-refractivity contribution in [1.82, 2.24) is 0 Å². The first kappa shape index (κ1) is 17.6. The number of carbonyl (C=O) groups is 1.